The second kappa shape index (κ2) is 11.1. The summed E-state index contributed by atoms with van der Waals surface area (Å²) >= 11 is 0. The molecule has 0 aliphatic carbocycles. The van der Waals surface area contributed by atoms with Gasteiger partial charge in [0, 0.05) is 6.54 Å². The second-order valence-corrected chi connectivity index (χ2v) is 8.16. The molecule has 2 N–H and O–H groups in total. The number of rotatable bonds is 9. The predicted octanol–water partition coefficient (Wildman–Crippen LogP) is 6.48. The molecular weight excluding hydrogens is 533 g/mol. The maximum atomic E-state index is 13.2. The summed E-state index contributed by atoms with van der Waals surface area (Å²) in [5.74, 6) is -1.43. The van der Waals surface area contributed by atoms with E-state index in [1.807, 2.05) is 0 Å². The highest BCUT2D eigenvalue weighted by Crippen LogP contribution is 2.38. The Hall–Kier alpha value is -3.45. The van der Waals surface area contributed by atoms with Crippen molar-refractivity contribution < 1.29 is 54.1 Å². The molecule has 0 bridgehead atoms. The Morgan fingerprint density at radius 2 is 1.13 bits per heavy atom. The summed E-state index contributed by atoms with van der Waals surface area (Å²) in [4.78, 5) is 0. The van der Waals surface area contributed by atoms with Gasteiger partial charge in [-0.1, -0.05) is 54.6 Å². The van der Waals surface area contributed by atoms with Crippen LogP contribution in [0.1, 0.15) is 16.7 Å². The molecule has 0 saturated heterocycles. The first kappa shape index (κ1) is 29.1. The van der Waals surface area contributed by atoms with Gasteiger partial charge in [-0.3, -0.25) is 0 Å². The third-order valence-electron chi connectivity index (χ3n) is 5.41. The fourth-order valence-corrected chi connectivity index (χ4v) is 3.84. The van der Waals surface area contributed by atoms with E-state index in [2.05, 4.69) is 14.8 Å². The van der Waals surface area contributed by atoms with Crippen LogP contribution in [-0.4, -0.2) is 36.7 Å². The van der Waals surface area contributed by atoms with Crippen LogP contribution in [0.25, 0.3) is 0 Å². The van der Waals surface area contributed by atoms with E-state index in [0.717, 1.165) is 36.4 Å². The van der Waals surface area contributed by atoms with Gasteiger partial charge in [-0.2, -0.15) is 13.2 Å². The fraction of sp³-hybridized carbons (Fsp3) is 0.280. The van der Waals surface area contributed by atoms with Crippen LogP contribution in [0.2, 0.25) is 0 Å². The van der Waals surface area contributed by atoms with Crippen molar-refractivity contribution in [2.24, 2.45) is 0 Å². The average Bonchev–Trinajstić information content (AvgIpc) is 2.80. The molecule has 0 saturated carbocycles. The zero-order valence-corrected chi connectivity index (χ0v) is 19.2. The lowest BCUT2D eigenvalue weighted by molar-refractivity contribution is -0.275. The van der Waals surface area contributed by atoms with E-state index in [9.17, 15) is 44.6 Å². The van der Waals surface area contributed by atoms with Crippen molar-refractivity contribution in [3.8, 4) is 11.5 Å². The molecule has 3 rings (SSSR count). The van der Waals surface area contributed by atoms with Crippen LogP contribution >= 0.6 is 0 Å². The maximum Gasteiger partial charge on any atom is 0.573 e. The quantitative estimate of drug-likeness (QED) is 0.298. The first-order valence-corrected chi connectivity index (χ1v) is 10.8. The topological polar surface area (TPSA) is 50.7 Å². The minimum absolute atomic E-state index is 0.0818. The van der Waals surface area contributed by atoms with E-state index in [0.29, 0.717) is 5.56 Å². The van der Waals surface area contributed by atoms with Crippen LogP contribution in [0.4, 0.5) is 39.5 Å². The van der Waals surface area contributed by atoms with Crippen LogP contribution in [0.3, 0.4) is 0 Å². The summed E-state index contributed by atoms with van der Waals surface area (Å²) in [5, 5.41) is 12.2. The molecule has 3 aromatic rings. The highest BCUT2D eigenvalue weighted by atomic mass is 19.4. The summed E-state index contributed by atoms with van der Waals surface area (Å²) in [7, 11) is 0. The van der Waals surface area contributed by atoms with Crippen LogP contribution in [0.5, 0.6) is 11.5 Å². The molecule has 0 spiro atoms. The average molecular weight is 553 g/mol. The SMILES string of the molecule is OC(CNC(Cc1ccccc1)(c1cccc(OC(F)(F)F)c1)c1cccc(OC(F)(F)F)c1)C(F)(F)F. The fourth-order valence-electron chi connectivity index (χ4n) is 3.84. The molecule has 0 radical (unpaired) electrons. The van der Waals surface area contributed by atoms with Crippen molar-refractivity contribution in [1.29, 1.82) is 0 Å². The van der Waals surface area contributed by atoms with Gasteiger partial charge in [0.1, 0.15) is 11.5 Å². The molecule has 0 heterocycles. The lowest BCUT2D eigenvalue weighted by Gasteiger charge is -2.38. The third kappa shape index (κ3) is 8.02. The highest BCUT2D eigenvalue weighted by Gasteiger charge is 2.42. The van der Waals surface area contributed by atoms with Crippen molar-refractivity contribution in [2.45, 2.75) is 37.0 Å². The third-order valence-corrected chi connectivity index (χ3v) is 5.41. The zero-order valence-electron chi connectivity index (χ0n) is 19.2. The molecule has 4 nitrogen and oxygen atoms in total. The van der Waals surface area contributed by atoms with Gasteiger partial charge in [0.25, 0.3) is 0 Å². The van der Waals surface area contributed by atoms with Gasteiger partial charge in [0.2, 0.25) is 0 Å². The number of ether oxygens (including phenoxy) is 2. The van der Waals surface area contributed by atoms with Crippen molar-refractivity contribution in [1.82, 2.24) is 5.32 Å². The van der Waals surface area contributed by atoms with Crippen molar-refractivity contribution in [3.05, 3.63) is 95.6 Å². The molecule has 3 aromatic carbocycles. The molecule has 0 aliphatic heterocycles. The van der Waals surface area contributed by atoms with Crippen molar-refractivity contribution in [2.75, 3.05) is 6.54 Å². The molecule has 1 atom stereocenters. The molecule has 0 aliphatic rings. The standard InChI is InChI=1S/C25H20F9NO3/c26-23(27,28)21(36)15-35-22(14-16-6-2-1-3-7-16,17-8-4-10-19(12-17)37-24(29,30)31)18-9-5-11-20(13-18)38-25(32,33)34/h1-13,21,35-36H,14-15H2. The maximum absolute atomic E-state index is 13.2. The van der Waals surface area contributed by atoms with Crippen LogP contribution in [-0.2, 0) is 12.0 Å². The Morgan fingerprint density at radius 1 is 0.658 bits per heavy atom. The number of alkyl halides is 9. The first-order valence-electron chi connectivity index (χ1n) is 10.8. The number of nitrogens with one attached hydrogen (secondary N) is 1. The molecule has 13 heteroatoms. The van der Waals surface area contributed by atoms with Gasteiger partial charge in [-0.15, -0.1) is 26.3 Å². The van der Waals surface area contributed by atoms with Gasteiger partial charge >= 0.3 is 18.9 Å². The normalized spacial score (nSPS) is 13.7. The van der Waals surface area contributed by atoms with Gasteiger partial charge in [0.05, 0.1) is 5.54 Å². The number of hydrogen-bond acceptors (Lipinski definition) is 4. The Balaban J connectivity index is 2.23. The van der Waals surface area contributed by atoms with Crippen LogP contribution in [0.15, 0.2) is 78.9 Å². The molecule has 0 amide bonds. The van der Waals surface area contributed by atoms with E-state index in [1.165, 1.54) is 12.1 Å². The van der Waals surface area contributed by atoms with Crippen molar-refractivity contribution >= 4 is 0 Å². The van der Waals surface area contributed by atoms with Gasteiger partial charge in [-0.05, 0) is 47.4 Å². The van der Waals surface area contributed by atoms with E-state index in [4.69, 9.17) is 0 Å². The number of benzene rings is 3. The summed E-state index contributed by atoms with van der Waals surface area (Å²) in [5.41, 5.74) is -1.59. The molecule has 0 fully saturated rings. The molecule has 206 valence electrons. The lowest BCUT2D eigenvalue weighted by atomic mass is 9.77. The van der Waals surface area contributed by atoms with Gasteiger partial charge in [-0.25, -0.2) is 0 Å². The van der Waals surface area contributed by atoms with E-state index >= 15 is 0 Å². The Morgan fingerprint density at radius 3 is 1.55 bits per heavy atom. The van der Waals surface area contributed by atoms with Gasteiger partial charge < -0.3 is 19.9 Å². The smallest absolute Gasteiger partial charge is 0.406 e. The molecule has 0 aromatic heterocycles. The minimum atomic E-state index is -5.10. The Kier molecular flexibility index (Phi) is 8.52. The molecular formula is C25H20F9NO3. The molecule has 38 heavy (non-hydrogen) atoms. The largest absolute Gasteiger partial charge is 0.573 e. The summed E-state index contributed by atoms with van der Waals surface area (Å²) < 4.78 is 125. The van der Waals surface area contributed by atoms with Crippen molar-refractivity contribution in [3.63, 3.8) is 0 Å². The highest BCUT2D eigenvalue weighted by molar-refractivity contribution is 5.46. The van der Waals surface area contributed by atoms with E-state index in [-0.39, 0.29) is 17.5 Å². The number of aliphatic hydroxyl groups is 1. The monoisotopic (exact) mass is 553 g/mol. The van der Waals surface area contributed by atoms with Crippen LogP contribution in [0, 0.1) is 0 Å². The second-order valence-electron chi connectivity index (χ2n) is 8.16. The summed E-state index contributed by atoms with van der Waals surface area (Å²) in [6.45, 7) is -1.15. The number of hydrogen-bond donors (Lipinski definition) is 2. The summed E-state index contributed by atoms with van der Waals surface area (Å²) in [6.07, 6.45) is -18.4. The van der Waals surface area contributed by atoms with Gasteiger partial charge in [0.15, 0.2) is 6.10 Å². The Bertz CT molecular complexity index is 1140. The number of halogens is 9. The first-order chi connectivity index (χ1) is 17.6. The Labute approximate surface area is 210 Å². The van der Waals surface area contributed by atoms with E-state index in [1.54, 1.807) is 30.3 Å². The number of aliphatic hydroxyl groups excluding tert-OH is 1. The van der Waals surface area contributed by atoms with Crippen LogP contribution < -0.4 is 14.8 Å². The molecule has 1 unspecified atom stereocenters. The predicted molar refractivity (Wildman–Crippen MR) is 117 cm³/mol. The van der Waals surface area contributed by atoms with E-state index < -0.39 is 48.6 Å². The lowest BCUT2D eigenvalue weighted by Crippen LogP contribution is -2.51. The zero-order chi connectivity index (χ0) is 28.2. The minimum Gasteiger partial charge on any atom is -0.406 e. The summed E-state index contributed by atoms with van der Waals surface area (Å²) in [6, 6.07) is 16.5.